The van der Waals surface area contributed by atoms with Gasteiger partial charge in [0.1, 0.15) is 5.92 Å². The molecule has 2 aliphatic rings. The van der Waals surface area contributed by atoms with Gasteiger partial charge in [-0.1, -0.05) is 18.2 Å². The number of aliphatic carboxylic acids is 1. The Morgan fingerprint density at radius 1 is 1.24 bits per heavy atom. The summed E-state index contributed by atoms with van der Waals surface area (Å²) in [5, 5.41) is 12.6. The highest BCUT2D eigenvalue weighted by molar-refractivity contribution is 5.99. The van der Waals surface area contributed by atoms with Crippen LogP contribution in [0.2, 0.25) is 0 Å². The van der Waals surface area contributed by atoms with Gasteiger partial charge in [-0.2, -0.15) is 0 Å². The Kier molecular flexibility index (Phi) is 3.92. The Morgan fingerprint density at radius 3 is 2.67 bits per heavy atom. The maximum Gasteiger partial charge on any atom is 0.312 e. The number of amides is 1. The van der Waals surface area contributed by atoms with Gasteiger partial charge in [-0.15, -0.1) is 0 Å². The SMILES string of the molecule is O=C(O)C1CN(C(=O)CC2CCNCC2)c2ccccc21. The van der Waals surface area contributed by atoms with E-state index in [2.05, 4.69) is 5.32 Å². The molecular weight excluding hydrogens is 268 g/mol. The molecule has 1 amide bonds. The summed E-state index contributed by atoms with van der Waals surface area (Å²) < 4.78 is 0. The van der Waals surface area contributed by atoms with Gasteiger partial charge < -0.3 is 15.3 Å². The molecule has 1 saturated heterocycles. The zero-order valence-corrected chi connectivity index (χ0v) is 11.9. The van der Waals surface area contributed by atoms with E-state index >= 15 is 0 Å². The van der Waals surface area contributed by atoms with Gasteiger partial charge >= 0.3 is 5.97 Å². The number of carboxylic acid groups (broad SMARTS) is 1. The lowest BCUT2D eigenvalue weighted by molar-refractivity contribution is -0.138. The van der Waals surface area contributed by atoms with E-state index in [1.54, 1.807) is 4.90 Å². The first-order valence-corrected chi connectivity index (χ1v) is 7.49. The number of carbonyl (C=O) groups excluding carboxylic acids is 1. The van der Waals surface area contributed by atoms with Gasteiger partial charge in [0.05, 0.1) is 0 Å². The summed E-state index contributed by atoms with van der Waals surface area (Å²) in [6, 6.07) is 7.34. The molecule has 1 aromatic carbocycles. The average molecular weight is 288 g/mol. The average Bonchev–Trinajstić information content (AvgIpc) is 2.88. The minimum absolute atomic E-state index is 0.0538. The van der Waals surface area contributed by atoms with Crippen LogP contribution >= 0.6 is 0 Å². The fourth-order valence-electron chi connectivity index (χ4n) is 3.30. The van der Waals surface area contributed by atoms with Gasteiger partial charge in [0.25, 0.3) is 0 Å². The minimum atomic E-state index is -0.861. The number of hydrogen-bond donors (Lipinski definition) is 2. The van der Waals surface area contributed by atoms with Crippen molar-refractivity contribution in [3.8, 4) is 0 Å². The smallest absolute Gasteiger partial charge is 0.312 e. The zero-order valence-electron chi connectivity index (χ0n) is 11.9. The van der Waals surface area contributed by atoms with Crippen molar-refractivity contribution in [3.63, 3.8) is 0 Å². The first-order chi connectivity index (χ1) is 10.2. The second-order valence-electron chi connectivity index (χ2n) is 5.85. The zero-order chi connectivity index (χ0) is 14.8. The van der Waals surface area contributed by atoms with E-state index in [4.69, 9.17) is 0 Å². The lowest BCUT2D eigenvalue weighted by Crippen LogP contribution is -2.35. The minimum Gasteiger partial charge on any atom is -0.481 e. The number of fused-ring (bicyclic) bond motifs is 1. The van der Waals surface area contributed by atoms with E-state index < -0.39 is 11.9 Å². The fraction of sp³-hybridized carbons (Fsp3) is 0.500. The van der Waals surface area contributed by atoms with E-state index in [0.717, 1.165) is 37.2 Å². The highest BCUT2D eigenvalue weighted by Gasteiger charge is 2.36. The summed E-state index contributed by atoms with van der Waals surface area (Å²) in [5.41, 5.74) is 1.52. The van der Waals surface area contributed by atoms with Crippen LogP contribution in [-0.2, 0) is 9.59 Å². The largest absolute Gasteiger partial charge is 0.481 e. The number of benzene rings is 1. The maximum atomic E-state index is 12.6. The molecule has 112 valence electrons. The van der Waals surface area contributed by atoms with Crippen LogP contribution in [0.1, 0.15) is 30.7 Å². The molecule has 21 heavy (non-hydrogen) atoms. The molecule has 1 aromatic rings. The number of carboxylic acids is 1. The molecule has 1 atom stereocenters. The number of rotatable bonds is 3. The second-order valence-corrected chi connectivity index (χ2v) is 5.85. The lowest BCUT2D eigenvalue weighted by atomic mass is 9.94. The third-order valence-corrected chi connectivity index (χ3v) is 4.49. The fourth-order valence-corrected chi connectivity index (χ4v) is 3.30. The quantitative estimate of drug-likeness (QED) is 0.886. The predicted octanol–water partition coefficient (Wildman–Crippen LogP) is 1.59. The van der Waals surface area contributed by atoms with Crippen LogP contribution in [0.4, 0.5) is 5.69 Å². The van der Waals surface area contributed by atoms with Crippen molar-refractivity contribution in [1.29, 1.82) is 0 Å². The van der Waals surface area contributed by atoms with Crippen molar-refractivity contribution < 1.29 is 14.7 Å². The van der Waals surface area contributed by atoms with E-state index in [-0.39, 0.29) is 12.5 Å². The van der Waals surface area contributed by atoms with Crippen LogP contribution in [0.5, 0.6) is 0 Å². The molecule has 0 spiro atoms. The van der Waals surface area contributed by atoms with Gasteiger partial charge in [-0.3, -0.25) is 9.59 Å². The summed E-state index contributed by atoms with van der Waals surface area (Å²) in [6.45, 7) is 2.19. The third kappa shape index (κ3) is 2.78. The van der Waals surface area contributed by atoms with E-state index in [1.165, 1.54) is 0 Å². The Hall–Kier alpha value is -1.88. The molecule has 0 saturated carbocycles. The number of anilines is 1. The Balaban J connectivity index is 1.76. The van der Waals surface area contributed by atoms with Crippen molar-refractivity contribution in [2.45, 2.75) is 25.2 Å². The summed E-state index contributed by atoms with van der Waals surface area (Å²) in [7, 11) is 0. The second kappa shape index (κ2) is 5.85. The van der Waals surface area contributed by atoms with Gasteiger partial charge in [-0.05, 0) is 43.5 Å². The topological polar surface area (TPSA) is 69.6 Å². The molecule has 0 aliphatic carbocycles. The summed E-state index contributed by atoms with van der Waals surface area (Å²) in [5.74, 6) is -0.995. The number of para-hydroxylation sites is 1. The van der Waals surface area contributed by atoms with Gasteiger partial charge in [0.15, 0.2) is 0 Å². The molecular formula is C16H20N2O3. The number of piperidine rings is 1. The number of carbonyl (C=O) groups is 2. The van der Waals surface area contributed by atoms with Gasteiger partial charge in [0, 0.05) is 18.7 Å². The molecule has 2 heterocycles. The van der Waals surface area contributed by atoms with Crippen molar-refractivity contribution in [3.05, 3.63) is 29.8 Å². The highest BCUT2D eigenvalue weighted by atomic mass is 16.4. The highest BCUT2D eigenvalue weighted by Crippen LogP contribution is 2.37. The van der Waals surface area contributed by atoms with Crippen molar-refractivity contribution in [1.82, 2.24) is 5.32 Å². The molecule has 3 rings (SSSR count). The summed E-state index contributed by atoms with van der Waals surface area (Å²) in [6.07, 6.45) is 2.55. The monoisotopic (exact) mass is 288 g/mol. The van der Waals surface area contributed by atoms with Crippen molar-refractivity contribution in [2.75, 3.05) is 24.5 Å². The van der Waals surface area contributed by atoms with Crippen molar-refractivity contribution in [2.24, 2.45) is 5.92 Å². The first kappa shape index (κ1) is 14.1. The van der Waals surface area contributed by atoms with Gasteiger partial charge in [-0.25, -0.2) is 0 Å². The summed E-state index contributed by atoms with van der Waals surface area (Å²) >= 11 is 0. The molecule has 0 radical (unpaired) electrons. The van der Waals surface area contributed by atoms with Crippen LogP contribution in [0.3, 0.4) is 0 Å². The molecule has 5 nitrogen and oxygen atoms in total. The van der Waals surface area contributed by atoms with E-state index in [1.807, 2.05) is 24.3 Å². The Morgan fingerprint density at radius 2 is 1.95 bits per heavy atom. The maximum absolute atomic E-state index is 12.6. The van der Waals surface area contributed by atoms with Crippen LogP contribution in [0, 0.1) is 5.92 Å². The van der Waals surface area contributed by atoms with Gasteiger partial charge in [0.2, 0.25) is 5.91 Å². The number of nitrogens with zero attached hydrogens (tertiary/aromatic N) is 1. The molecule has 0 aromatic heterocycles. The van der Waals surface area contributed by atoms with Crippen LogP contribution in [0.15, 0.2) is 24.3 Å². The predicted molar refractivity (Wildman–Crippen MR) is 79.4 cm³/mol. The summed E-state index contributed by atoms with van der Waals surface area (Å²) in [4.78, 5) is 25.6. The molecule has 1 fully saturated rings. The van der Waals surface area contributed by atoms with E-state index in [9.17, 15) is 14.7 Å². The standard InChI is InChI=1S/C16H20N2O3/c19-15(9-11-5-7-17-8-6-11)18-10-13(16(20)21)12-3-1-2-4-14(12)18/h1-4,11,13,17H,5-10H2,(H,20,21). The van der Waals surface area contributed by atoms with Crippen molar-refractivity contribution >= 4 is 17.6 Å². The first-order valence-electron chi connectivity index (χ1n) is 7.49. The molecule has 5 heteroatoms. The Bertz CT molecular complexity index is 552. The number of nitrogens with one attached hydrogen (secondary N) is 1. The van der Waals surface area contributed by atoms with Crippen LogP contribution in [0.25, 0.3) is 0 Å². The van der Waals surface area contributed by atoms with Crippen LogP contribution in [-0.4, -0.2) is 36.6 Å². The molecule has 0 bridgehead atoms. The molecule has 2 N–H and O–H groups in total. The molecule has 2 aliphatic heterocycles. The molecule has 1 unspecified atom stereocenters. The third-order valence-electron chi connectivity index (χ3n) is 4.49. The normalized spacial score (nSPS) is 22.1. The Labute approximate surface area is 123 Å². The number of hydrogen-bond acceptors (Lipinski definition) is 3. The van der Waals surface area contributed by atoms with E-state index in [0.29, 0.717) is 12.3 Å². The lowest BCUT2D eigenvalue weighted by Gasteiger charge is -2.25. The van der Waals surface area contributed by atoms with Crippen LogP contribution < -0.4 is 10.2 Å².